The quantitative estimate of drug-likeness (QED) is 0.471. The molecule has 0 heterocycles. The molecule has 0 aromatic rings. The lowest BCUT2D eigenvalue weighted by Crippen LogP contribution is -2.54. The maximum Gasteiger partial charge on any atom is 0.391 e. The molecule has 0 aromatic heterocycles. The van der Waals surface area contributed by atoms with Gasteiger partial charge in [0.25, 0.3) is 0 Å². The van der Waals surface area contributed by atoms with Crippen LogP contribution in [0.2, 0.25) is 0 Å². The van der Waals surface area contributed by atoms with E-state index in [1.807, 2.05) is 13.8 Å². The molecule has 0 spiro atoms. The van der Waals surface area contributed by atoms with Gasteiger partial charge in [0.1, 0.15) is 5.78 Å². The predicted octanol–water partition coefficient (Wildman–Crippen LogP) is 7.44. The summed E-state index contributed by atoms with van der Waals surface area (Å²) in [6, 6.07) is 0. The molecule has 0 N–H and O–H groups in total. The van der Waals surface area contributed by atoms with E-state index in [0.717, 1.165) is 32.1 Å². The van der Waals surface area contributed by atoms with Gasteiger partial charge in [-0.05, 0) is 98.2 Å². The van der Waals surface area contributed by atoms with Gasteiger partial charge < -0.3 is 0 Å². The monoisotopic (exact) mass is 412 g/mol. The number of hydrogen-bond donors (Lipinski definition) is 0. The molecule has 4 rings (SSSR count). The Balaban J connectivity index is 1.51. The number of carbonyl (C=O) groups is 1. The molecule has 0 amide bonds. The Morgan fingerprint density at radius 1 is 0.931 bits per heavy atom. The van der Waals surface area contributed by atoms with Gasteiger partial charge in [-0.15, -0.1) is 0 Å². The van der Waals surface area contributed by atoms with E-state index in [1.54, 1.807) is 0 Å². The van der Waals surface area contributed by atoms with E-state index in [1.165, 1.54) is 19.3 Å². The molecule has 1 nitrogen and oxygen atoms in total. The molecular weight excluding hydrogens is 373 g/mol. The van der Waals surface area contributed by atoms with Gasteiger partial charge in [0.05, 0.1) is 5.92 Å². The van der Waals surface area contributed by atoms with Gasteiger partial charge in [-0.3, -0.25) is 4.79 Å². The molecule has 4 saturated carbocycles. The van der Waals surface area contributed by atoms with Crippen molar-refractivity contribution in [2.24, 2.45) is 52.3 Å². The third-order valence-corrected chi connectivity index (χ3v) is 10.4. The van der Waals surface area contributed by atoms with Crippen LogP contribution < -0.4 is 0 Å². The minimum absolute atomic E-state index is 0.0951. The summed E-state index contributed by atoms with van der Waals surface area (Å²) in [6.07, 6.45) is 4.95. The fourth-order valence-electron chi connectivity index (χ4n) is 8.48. The maximum atomic E-state index is 13.4. The second-order valence-electron chi connectivity index (χ2n) is 11.8. The number of alkyl halides is 3. The first-order valence-corrected chi connectivity index (χ1v) is 12.1. The van der Waals surface area contributed by atoms with Gasteiger partial charge in [0, 0.05) is 12.3 Å². The zero-order valence-corrected chi connectivity index (χ0v) is 18.7. The van der Waals surface area contributed by atoms with Gasteiger partial charge in [0.2, 0.25) is 0 Å². The van der Waals surface area contributed by atoms with Crippen molar-refractivity contribution in [3.05, 3.63) is 0 Å². The Morgan fingerprint density at radius 2 is 1.59 bits per heavy atom. The Bertz CT molecular complexity index is 640. The highest BCUT2D eigenvalue weighted by Gasteiger charge is 2.61. The van der Waals surface area contributed by atoms with Crippen LogP contribution >= 0.6 is 0 Å². The highest BCUT2D eigenvalue weighted by atomic mass is 19.4. The Morgan fingerprint density at radius 3 is 2.24 bits per heavy atom. The topological polar surface area (TPSA) is 17.1 Å². The number of rotatable bonds is 3. The van der Waals surface area contributed by atoms with Crippen molar-refractivity contribution in [1.82, 2.24) is 0 Å². The van der Waals surface area contributed by atoms with E-state index in [4.69, 9.17) is 0 Å². The highest BCUT2D eigenvalue weighted by Crippen LogP contribution is 2.68. The van der Waals surface area contributed by atoms with E-state index in [-0.39, 0.29) is 22.7 Å². The average Bonchev–Trinajstić information content (AvgIpc) is 2.96. The van der Waals surface area contributed by atoms with Crippen LogP contribution in [0.15, 0.2) is 0 Å². The van der Waals surface area contributed by atoms with Crippen LogP contribution in [0.3, 0.4) is 0 Å². The fourth-order valence-corrected chi connectivity index (χ4v) is 8.48. The van der Waals surface area contributed by atoms with Gasteiger partial charge >= 0.3 is 6.18 Å². The van der Waals surface area contributed by atoms with Gasteiger partial charge in [-0.1, -0.05) is 27.7 Å². The zero-order valence-electron chi connectivity index (χ0n) is 18.7. The second kappa shape index (κ2) is 7.26. The van der Waals surface area contributed by atoms with Crippen molar-refractivity contribution in [3.8, 4) is 0 Å². The Hall–Kier alpha value is -0.540. The molecule has 4 fully saturated rings. The lowest BCUT2D eigenvalue weighted by Gasteiger charge is -2.61. The van der Waals surface area contributed by atoms with Gasteiger partial charge in [0.15, 0.2) is 0 Å². The third kappa shape index (κ3) is 3.49. The molecule has 0 saturated heterocycles. The number of hydrogen-bond acceptors (Lipinski definition) is 1. The van der Waals surface area contributed by atoms with Crippen LogP contribution in [-0.2, 0) is 4.79 Å². The second-order valence-corrected chi connectivity index (χ2v) is 11.8. The van der Waals surface area contributed by atoms with E-state index in [2.05, 4.69) is 13.8 Å². The summed E-state index contributed by atoms with van der Waals surface area (Å²) in [6.45, 7) is 8.79. The first kappa shape index (κ1) is 21.7. The summed E-state index contributed by atoms with van der Waals surface area (Å²) >= 11 is 0. The van der Waals surface area contributed by atoms with Crippen molar-refractivity contribution in [1.29, 1.82) is 0 Å². The summed E-state index contributed by atoms with van der Waals surface area (Å²) in [4.78, 5) is 12.5. The van der Waals surface area contributed by atoms with E-state index >= 15 is 0 Å². The smallest absolute Gasteiger partial charge is 0.299 e. The lowest BCUT2D eigenvalue weighted by molar-refractivity contribution is -0.208. The largest absolute Gasteiger partial charge is 0.391 e. The molecule has 4 aliphatic carbocycles. The molecule has 4 aliphatic rings. The number of fused-ring (bicyclic) bond motifs is 5. The van der Waals surface area contributed by atoms with E-state index in [9.17, 15) is 18.0 Å². The molecule has 166 valence electrons. The lowest BCUT2D eigenvalue weighted by atomic mass is 9.44. The van der Waals surface area contributed by atoms with Crippen LogP contribution in [0.1, 0.15) is 91.9 Å². The fraction of sp³-hybridized carbons (Fsp3) is 0.960. The number of carbonyl (C=O) groups excluding carboxylic acids is 1. The number of halogens is 3. The molecule has 4 heteroatoms. The van der Waals surface area contributed by atoms with Crippen LogP contribution in [-0.4, -0.2) is 12.0 Å². The standard InChI is InChI=1S/C25H39F3O/c1-15(2)22(29)14-17-6-8-20-19-7-5-16-13-18(25(26,27)28)9-11-23(16,3)21(19)10-12-24(17,20)4/h15-21H,5-14H2,1-4H3/t16?,17?,18?,19?,20?,21?,23?,24-/m1/s1. The molecule has 0 bridgehead atoms. The summed E-state index contributed by atoms with van der Waals surface area (Å²) in [5, 5.41) is 0. The minimum Gasteiger partial charge on any atom is -0.299 e. The zero-order chi connectivity index (χ0) is 21.2. The Labute approximate surface area is 174 Å². The van der Waals surface area contributed by atoms with Crippen LogP contribution in [0.25, 0.3) is 0 Å². The van der Waals surface area contributed by atoms with Gasteiger partial charge in [-0.2, -0.15) is 13.2 Å². The molecule has 0 aromatic carbocycles. The minimum atomic E-state index is -4.02. The van der Waals surface area contributed by atoms with E-state index < -0.39 is 12.1 Å². The summed E-state index contributed by atoms with van der Waals surface area (Å²) in [7, 11) is 0. The first-order valence-electron chi connectivity index (χ1n) is 12.1. The molecule has 0 radical (unpaired) electrons. The van der Waals surface area contributed by atoms with Crippen LogP contribution in [0.4, 0.5) is 13.2 Å². The van der Waals surface area contributed by atoms with Crippen LogP contribution in [0.5, 0.6) is 0 Å². The number of ketones is 1. The highest BCUT2D eigenvalue weighted by molar-refractivity contribution is 5.80. The van der Waals surface area contributed by atoms with Crippen LogP contribution in [0, 0.1) is 52.3 Å². The summed E-state index contributed by atoms with van der Waals surface area (Å²) in [5.41, 5.74) is 0.357. The first-order chi connectivity index (χ1) is 13.5. The van der Waals surface area contributed by atoms with Gasteiger partial charge in [-0.25, -0.2) is 0 Å². The normalized spacial score (nSPS) is 47.4. The predicted molar refractivity (Wildman–Crippen MR) is 109 cm³/mol. The SMILES string of the molecule is CC(C)C(=O)CC1CCC2C3CCC4CC(C(F)(F)F)CCC4(C)C3CC[C@]12C. The van der Waals surface area contributed by atoms with Crippen molar-refractivity contribution in [3.63, 3.8) is 0 Å². The summed E-state index contributed by atoms with van der Waals surface area (Å²) < 4.78 is 40.1. The third-order valence-electron chi connectivity index (χ3n) is 10.4. The molecule has 8 atom stereocenters. The molecule has 29 heavy (non-hydrogen) atoms. The number of Topliss-reactive ketones (excluding diaryl/α,β-unsaturated/α-hetero) is 1. The van der Waals surface area contributed by atoms with Crippen molar-refractivity contribution in [2.45, 2.75) is 98.1 Å². The summed E-state index contributed by atoms with van der Waals surface area (Å²) in [5.74, 6) is 2.12. The molecule has 0 aliphatic heterocycles. The molecular formula is C25H39F3O. The maximum absolute atomic E-state index is 13.4. The van der Waals surface area contributed by atoms with Crippen molar-refractivity contribution >= 4 is 5.78 Å². The molecule has 7 unspecified atom stereocenters. The van der Waals surface area contributed by atoms with Crippen molar-refractivity contribution < 1.29 is 18.0 Å². The van der Waals surface area contributed by atoms with E-state index in [0.29, 0.717) is 42.3 Å². The average molecular weight is 413 g/mol. The van der Waals surface area contributed by atoms with Crippen molar-refractivity contribution in [2.75, 3.05) is 0 Å². The Kier molecular flexibility index (Phi) is 5.43.